The number of amides is 1. The van der Waals surface area contributed by atoms with Gasteiger partial charge in [0.15, 0.2) is 0 Å². The zero-order chi connectivity index (χ0) is 15.5. The highest BCUT2D eigenvalue weighted by molar-refractivity contribution is 7.89. The van der Waals surface area contributed by atoms with Crippen molar-refractivity contribution in [3.63, 3.8) is 0 Å². The fourth-order valence-electron chi connectivity index (χ4n) is 2.69. The molecule has 0 unspecified atom stereocenters. The Hall–Kier alpha value is -1.41. The van der Waals surface area contributed by atoms with E-state index < -0.39 is 10.0 Å². The Kier molecular flexibility index (Phi) is 5.00. The van der Waals surface area contributed by atoms with Gasteiger partial charge in [0.1, 0.15) is 4.90 Å². The molecule has 1 aliphatic carbocycles. The molecule has 0 spiro atoms. The summed E-state index contributed by atoms with van der Waals surface area (Å²) < 4.78 is 23.7. The van der Waals surface area contributed by atoms with E-state index >= 15 is 0 Å². The summed E-state index contributed by atoms with van der Waals surface area (Å²) in [5.74, 6) is 0.634. The number of aryl methyl sites for hydroxylation is 1. The molecule has 0 bridgehead atoms. The second-order valence-corrected chi connectivity index (χ2v) is 7.33. The Morgan fingerprint density at radius 1 is 1.52 bits per heavy atom. The van der Waals surface area contributed by atoms with Gasteiger partial charge in [-0.15, -0.1) is 0 Å². The molecule has 1 aromatic rings. The molecular formula is C13H22N4O3S. The van der Waals surface area contributed by atoms with E-state index in [0.29, 0.717) is 12.5 Å². The van der Waals surface area contributed by atoms with Crippen molar-refractivity contribution in [2.45, 2.75) is 56.5 Å². The van der Waals surface area contributed by atoms with Gasteiger partial charge in [0.05, 0.1) is 6.20 Å². The van der Waals surface area contributed by atoms with Crippen LogP contribution in [0.3, 0.4) is 0 Å². The predicted octanol–water partition coefficient (Wildman–Crippen LogP) is 0.616. The number of rotatable bonds is 5. The number of hydrogen-bond donors (Lipinski definition) is 2. The van der Waals surface area contributed by atoms with Gasteiger partial charge in [-0.3, -0.25) is 9.48 Å². The molecule has 118 valence electrons. The SMILES string of the molecule is C[C@H]1CCC[C@H](NC(=O)CCn2cc(S(N)(=O)=O)cn2)C1. The van der Waals surface area contributed by atoms with Gasteiger partial charge >= 0.3 is 0 Å². The highest BCUT2D eigenvalue weighted by atomic mass is 32.2. The minimum absolute atomic E-state index is 0.0262. The van der Waals surface area contributed by atoms with Gasteiger partial charge in [0, 0.05) is 25.2 Å². The molecule has 0 saturated heterocycles. The van der Waals surface area contributed by atoms with E-state index in [9.17, 15) is 13.2 Å². The van der Waals surface area contributed by atoms with Gasteiger partial charge in [-0.25, -0.2) is 13.6 Å². The summed E-state index contributed by atoms with van der Waals surface area (Å²) >= 11 is 0. The maximum atomic E-state index is 11.9. The van der Waals surface area contributed by atoms with Crippen molar-refractivity contribution in [1.29, 1.82) is 0 Å². The lowest BCUT2D eigenvalue weighted by Gasteiger charge is -2.27. The first-order chi connectivity index (χ1) is 9.84. The van der Waals surface area contributed by atoms with Crippen molar-refractivity contribution in [1.82, 2.24) is 15.1 Å². The molecular weight excluding hydrogens is 292 g/mol. The molecule has 8 heteroatoms. The molecule has 2 rings (SSSR count). The zero-order valence-corrected chi connectivity index (χ0v) is 13.0. The minimum atomic E-state index is -3.73. The van der Waals surface area contributed by atoms with E-state index in [1.807, 2.05) is 0 Å². The van der Waals surface area contributed by atoms with Gasteiger partial charge in [-0.05, 0) is 18.8 Å². The highest BCUT2D eigenvalue weighted by Gasteiger charge is 2.20. The summed E-state index contributed by atoms with van der Waals surface area (Å²) in [5.41, 5.74) is 0. The van der Waals surface area contributed by atoms with Crippen LogP contribution >= 0.6 is 0 Å². The van der Waals surface area contributed by atoms with Crippen LogP contribution in [0.2, 0.25) is 0 Å². The summed E-state index contributed by atoms with van der Waals surface area (Å²) in [6.45, 7) is 2.54. The number of sulfonamides is 1. The van der Waals surface area contributed by atoms with Gasteiger partial charge in [0.2, 0.25) is 15.9 Å². The van der Waals surface area contributed by atoms with Crippen LogP contribution in [0.5, 0.6) is 0 Å². The van der Waals surface area contributed by atoms with Gasteiger partial charge in [-0.2, -0.15) is 5.10 Å². The van der Waals surface area contributed by atoms with E-state index in [2.05, 4.69) is 17.3 Å². The van der Waals surface area contributed by atoms with Crippen LogP contribution in [0.4, 0.5) is 0 Å². The largest absolute Gasteiger partial charge is 0.353 e. The van der Waals surface area contributed by atoms with Crippen LogP contribution in [0.1, 0.15) is 39.0 Å². The lowest BCUT2D eigenvalue weighted by atomic mass is 9.87. The van der Waals surface area contributed by atoms with Gasteiger partial charge in [0.25, 0.3) is 0 Å². The Bertz CT molecular complexity index is 596. The fourth-order valence-corrected chi connectivity index (χ4v) is 3.16. The zero-order valence-electron chi connectivity index (χ0n) is 12.2. The maximum Gasteiger partial charge on any atom is 0.241 e. The third kappa shape index (κ3) is 4.82. The van der Waals surface area contributed by atoms with E-state index in [0.717, 1.165) is 19.3 Å². The van der Waals surface area contributed by atoms with Gasteiger partial charge in [-0.1, -0.05) is 19.8 Å². The molecule has 0 aromatic carbocycles. The van der Waals surface area contributed by atoms with Crippen LogP contribution in [-0.2, 0) is 21.4 Å². The van der Waals surface area contributed by atoms with Crippen LogP contribution in [0.15, 0.2) is 17.3 Å². The molecule has 3 N–H and O–H groups in total. The van der Waals surface area contributed by atoms with Crippen molar-refractivity contribution in [3.05, 3.63) is 12.4 Å². The summed E-state index contributed by atoms with van der Waals surface area (Å²) in [7, 11) is -3.73. The smallest absolute Gasteiger partial charge is 0.241 e. The monoisotopic (exact) mass is 314 g/mol. The third-order valence-electron chi connectivity index (χ3n) is 3.81. The summed E-state index contributed by atoms with van der Waals surface area (Å²) in [5, 5.41) is 11.9. The molecule has 1 aliphatic rings. The standard InChI is InChI=1S/C13H22N4O3S/c1-10-3-2-4-11(7-10)16-13(18)5-6-17-9-12(8-15-17)21(14,19)20/h8-11H,2-7H2,1H3,(H,16,18)(H2,14,19,20)/t10-,11-/m0/s1. The lowest BCUT2D eigenvalue weighted by molar-refractivity contribution is -0.122. The van der Waals surface area contributed by atoms with E-state index in [4.69, 9.17) is 5.14 Å². The summed E-state index contributed by atoms with van der Waals surface area (Å²) in [4.78, 5) is 11.9. The maximum absolute atomic E-state index is 11.9. The highest BCUT2D eigenvalue weighted by Crippen LogP contribution is 2.23. The van der Waals surface area contributed by atoms with Crippen molar-refractivity contribution >= 4 is 15.9 Å². The van der Waals surface area contributed by atoms with Crippen LogP contribution < -0.4 is 10.5 Å². The van der Waals surface area contributed by atoms with Crippen LogP contribution in [0.25, 0.3) is 0 Å². The number of nitrogens with one attached hydrogen (secondary N) is 1. The van der Waals surface area contributed by atoms with E-state index in [-0.39, 0.29) is 23.3 Å². The molecule has 1 saturated carbocycles. The minimum Gasteiger partial charge on any atom is -0.353 e. The molecule has 7 nitrogen and oxygen atoms in total. The number of carbonyl (C=O) groups is 1. The first-order valence-corrected chi connectivity index (χ1v) is 8.74. The molecule has 0 radical (unpaired) electrons. The average molecular weight is 314 g/mol. The quantitative estimate of drug-likeness (QED) is 0.830. The summed E-state index contributed by atoms with van der Waals surface area (Å²) in [6, 6.07) is 0.263. The topological polar surface area (TPSA) is 107 Å². The normalized spacial score (nSPS) is 23.0. The number of primary sulfonamides is 1. The van der Waals surface area contributed by atoms with Crippen molar-refractivity contribution in [3.8, 4) is 0 Å². The summed E-state index contributed by atoms with van der Waals surface area (Å²) in [6.07, 6.45) is 7.26. The van der Waals surface area contributed by atoms with Gasteiger partial charge < -0.3 is 5.32 Å². The Morgan fingerprint density at radius 3 is 2.90 bits per heavy atom. The number of hydrogen-bond acceptors (Lipinski definition) is 4. The van der Waals surface area contributed by atoms with E-state index in [1.165, 1.54) is 23.5 Å². The number of aromatic nitrogens is 2. The van der Waals surface area contributed by atoms with Crippen LogP contribution in [-0.4, -0.2) is 30.1 Å². The Morgan fingerprint density at radius 2 is 2.29 bits per heavy atom. The first kappa shape index (κ1) is 16.0. The van der Waals surface area contributed by atoms with Crippen molar-refractivity contribution in [2.24, 2.45) is 11.1 Å². The van der Waals surface area contributed by atoms with Crippen LogP contribution in [0, 0.1) is 5.92 Å². The van der Waals surface area contributed by atoms with Crippen molar-refractivity contribution < 1.29 is 13.2 Å². The number of nitrogens with zero attached hydrogens (tertiary/aromatic N) is 2. The second-order valence-electron chi connectivity index (χ2n) is 5.77. The number of carbonyl (C=O) groups excluding carboxylic acids is 1. The second kappa shape index (κ2) is 6.57. The molecule has 2 atom stereocenters. The average Bonchev–Trinajstić information content (AvgIpc) is 2.85. The van der Waals surface area contributed by atoms with Crippen molar-refractivity contribution in [2.75, 3.05) is 0 Å². The lowest BCUT2D eigenvalue weighted by Crippen LogP contribution is -2.38. The Balaban J connectivity index is 1.80. The third-order valence-corrected chi connectivity index (χ3v) is 4.68. The molecule has 21 heavy (non-hydrogen) atoms. The molecule has 1 amide bonds. The fraction of sp³-hybridized carbons (Fsp3) is 0.692. The van der Waals surface area contributed by atoms with E-state index in [1.54, 1.807) is 0 Å². The molecule has 1 heterocycles. The molecule has 0 aliphatic heterocycles. The predicted molar refractivity (Wildman–Crippen MR) is 77.8 cm³/mol. The molecule has 1 fully saturated rings. The first-order valence-electron chi connectivity index (χ1n) is 7.19. The molecule has 1 aromatic heterocycles. The Labute approximate surface area is 124 Å². The number of nitrogens with two attached hydrogens (primary N) is 1.